The largest absolute Gasteiger partial charge is 0.416 e. The number of hydrogen-bond acceptors (Lipinski definition) is 1. The first-order valence-electron chi connectivity index (χ1n) is 6.04. The molecule has 0 spiro atoms. The quantitative estimate of drug-likeness (QED) is 0.826. The van der Waals surface area contributed by atoms with Gasteiger partial charge in [0.1, 0.15) is 11.6 Å². The highest BCUT2D eigenvalue weighted by Gasteiger charge is 2.38. The maximum absolute atomic E-state index is 13.3. The Morgan fingerprint density at radius 1 is 0.857 bits per heavy atom. The third-order valence-electron chi connectivity index (χ3n) is 3.25. The molecular formula is C15H12F5N. The maximum atomic E-state index is 13.3. The molecule has 0 fully saturated rings. The van der Waals surface area contributed by atoms with Crippen molar-refractivity contribution < 1.29 is 22.0 Å². The molecule has 0 heterocycles. The average molecular weight is 301 g/mol. The van der Waals surface area contributed by atoms with E-state index in [-0.39, 0.29) is 11.1 Å². The Labute approximate surface area is 118 Å². The molecule has 6 heteroatoms. The molecule has 0 bridgehead atoms. The molecule has 112 valence electrons. The van der Waals surface area contributed by atoms with Gasteiger partial charge in [-0.3, -0.25) is 0 Å². The fourth-order valence-electron chi connectivity index (χ4n) is 2.19. The van der Waals surface area contributed by atoms with Crippen molar-refractivity contribution in [2.75, 3.05) is 0 Å². The molecule has 0 amide bonds. The van der Waals surface area contributed by atoms with Crippen LogP contribution in [0.5, 0.6) is 0 Å². The van der Waals surface area contributed by atoms with Gasteiger partial charge in [-0.25, -0.2) is 8.78 Å². The molecule has 0 aromatic heterocycles. The van der Waals surface area contributed by atoms with Crippen LogP contribution in [0.1, 0.15) is 23.6 Å². The zero-order chi connectivity index (χ0) is 15.8. The highest BCUT2D eigenvalue weighted by molar-refractivity contribution is 5.43. The minimum absolute atomic E-state index is 0.0725. The van der Waals surface area contributed by atoms with Crippen LogP contribution in [0, 0.1) is 11.6 Å². The summed E-state index contributed by atoms with van der Waals surface area (Å²) >= 11 is 0. The van der Waals surface area contributed by atoms with Gasteiger partial charge in [-0.2, -0.15) is 13.2 Å². The second-order valence-corrected chi connectivity index (χ2v) is 4.90. The van der Waals surface area contributed by atoms with E-state index < -0.39 is 28.9 Å². The maximum Gasteiger partial charge on any atom is 0.416 e. The summed E-state index contributed by atoms with van der Waals surface area (Å²) in [4.78, 5) is 0. The third kappa shape index (κ3) is 3.05. The van der Waals surface area contributed by atoms with E-state index in [1.165, 1.54) is 25.1 Å². The first-order valence-corrected chi connectivity index (χ1v) is 6.04. The monoisotopic (exact) mass is 301 g/mol. The number of alkyl halides is 3. The zero-order valence-corrected chi connectivity index (χ0v) is 11.0. The topological polar surface area (TPSA) is 26.0 Å². The van der Waals surface area contributed by atoms with Gasteiger partial charge in [0.25, 0.3) is 0 Å². The summed E-state index contributed by atoms with van der Waals surface area (Å²) in [7, 11) is 0. The molecule has 2 N–H and O–H groups in total. The van der Waals surface area contributed by atoms with Crippen LogP contribution in [-0.2, 0) is 11.7 Å². The summed E-state index contributed by atoms with van der Waals surface area (Å²) in [6.45, 7) is 1.28. The molecule has 0 aliphatic carbocycles. The Balaban J connectivity index is 2.64. The lowest BCUT2D eigenvalue weighted by atomic mass is 9.82. The molecule has 2 rings (SSSR count). The van der Waals surface area contributed by atoms with E-state index in [9.17, 15) is 22.0 Å². The van der Waals surface area contributed by atoms with E-state index in [1.807, 2.05) is 0 Å². The van der Waals surface area contributed by atoms with Crippen LogP contribution >= 0.6 is 0 Å². The van der Waals surface area contributed by atoms with Gasteiger partial charge in [-0.1, -0.05) is 18.2 Å². The van der Waals surface area contributed by atoms with Crippen LogP contribution in [-0.4, -0.2) is 0 Å². The lowest BCUT2D eigenvalue weighted by molar-refractivity contribution is -0.138. The molecule has 0 saturated heterocycles. The number of halogens is 5. The zero-order valence-electron chi connectivity index (χ0n) is 11.0. The number of hydrogen-bond donors (Lipinski definition) is 1. The van der Waals surface area contributed by atoms with E-state index in [2.05, 4.69) is 0 Å². The average Bonchev–Trinajstić information content (AvgIpc) is 2.36. The minimum Gasteiger partial charge on any atom is -0.318 e. The normalized spacial score (nSPS) is 14.8. The molecular weight excluding hydrogens is 289 g/mol. The molecule has 0 saturated carbocycles. The van der Waals surface area contributed by atoms with Gasteiger partial charge in [-0.05, 0) is 36.2 Å². The van der Waals surface area contributed by atoms with Gasteiger partial charge in [-0.15, -0.1) is 0 Å². The molecule has 0 radical (unpaired) electrons. The molecule has 1 atom stereocenters. The standard InChI is InChI=1S/C15H12F5N/c1-14(21,9-6-10(16)8-11(17)7-9)12-4-2-3-5-13(12)15(18,19)20/h2-8H,21H2,1H3. The third-order valence-corrected chi connectivity index (χ3v) is 3.25. The fourth-order valence-corrected chi connectivity index (χ4v) is 2.19. The summed E-state index contributed by atoms with van der Waals surface area (Å²) in [5.41, 5.74) is 3.02. The van der Waals surface area contributed by atoms with Gasteiger partial charge < -0.3 is 5.73 Å². The Morgan fingerprint density at radius 2 is 1.33 bits per heavy atom. The van der Waals surface area contributed by atoms with E-state index in [0.29, 0.717) is 6.07 Å². The van der Waals surface area contributed by atoms with Gasteiger partial charge in [0.2, 0.25) is 0 Å². The summed E-state index contributed by atoms with van der Waals surface area (Å²) in [6, 6.07) is 7.20. The molecule has 0 aliphatic heterocycles. The van der Waals surface area contributed by atoms with Gasteiger partial charge in [0, 0.05) is 6.07 Å². The number of nitrogens with two attached hydrogens (primary N) is 1. The second kappa shape index (κ2) is 5.11. The van der Waals surface area contributed by atoms with Gasteiger partial charge in [0.05, 0.1) is 11.1 Å². The molecule has 2 aromatic rings. The van der Waals surface area contributed by atoms with Crippen LogP contribution in [0.3, 0.4) is 0 Å². The highest BCUT2D eigenvalue weighted by Crippen LogP contribution is 2.38. The Bertz CT molecular complexity index is 641. The van der Waals surface area contributed by atoms with Crippen molar-refractivity contribution in [2.45, 2.75) is 18.6 Å². The molecule has 1 unspecified atom stereocenters. The van der Waals surface area contributed by atoms with Crippen LogP contribution in [0.4, 0.5) is 22.0 Å². The van der Waals surface area contributed by atoms with Crippen LogP contribution in [0.2, 0.25) is 0 Å². The van der Waals surface area contributed by atoms with Crippen molar-refractivity contribution in [3.63, 3.8) is 0 Å². The van der Waals surface area contributed by atoms with Crippen molar-refractivity contribution in [3.05, 3.63) is 70.8 Å². The second-order valence-electron chi connectivity index (χ2n) is 4.90. The summed E-state index contributed by atoms with van der Waals surface area (Å²) in [6.07, 6.45) is -4.61. The highest BCUT2D eigenvalue weighted by atomic mass is 19.4. The van der Waals surface area contributed by atoms with E-state index in [0.717, 1.165) is 18.2 Å². The lowest BCUT2D eigenvalue weighted by Crippen LogP contribution is -2.36. The fraction of sp³-hybridized carbons (Fsp3) is 0.200. The number of rotatable bonds is 2. The molecule has 1 nitrogen and oxygen atoms in total. The van der Waals surface area contributed by atoms with Gasteiger partial charge >= 0.3 is 6.18 Å². The summed E-state index contributed by atoms with van der Waals surface area (Å²) in [5, 5.41) is 0. The lowest BCUT2D eigenvalue weighted by Gasteiger charge is -2.29. The van der Waals surface area contributed by atoms with Crippen molar-refractivity contribution in [1.82, 2.24) is 0 Å². The first-order chi connectivity index (χ1) is 9.62. The Morgan fingerprint density at radius 3 is 1.81 bits per heavy atom. The Hall–Kier alpha value is -1.95. The van der Waals surface area contributed by atoms with Crippen molar-refractivity contribution in [1.29, 1.82) is 0 Å². The van der Waals surface area contributed by atoms with Crippen molar-refractivity contribution in [2.24, 2.45) is 5.73 Å². The van der Waals surface area contributed by atoms with Crippen LogP contribution < -0.4 is 5.73 Å². The SMILES string of the molecule is CC(N)(c1cc(F)cc(F)c1)c1ccccc1C(F)(F)F. The minimum atomic E-state index is -4.61. The Kier molecular flexibility index (Phi) is 3.76. The van der Waals surface area contributed by atoms with Crippen molar-refractivity contribution >= 4 is 0 Å². The first kappa shape index (κ1) is 15.4. The van der Waals surface area contributed by atoms with E-state index in [4.69, 9.17) is 5.73 Å². The predicted molar refractivity (Wildman–Crippen MR) is 68.4 cm³/mol. The van der Waals surface area contributed by atoms with E-state index in [1.54, 1.807) is 0 Å². The summed E-state index contributed by atoms with van der Waals surface area (Å²) in [5.74, 6) is -1.79. The molecule has 21 heavy (non-hydrogen) atoms. The summed E-state index contributed by atoms with van der Waals surface area (Å²) < 4.78 is 65.7. The van der Waals surface area contributed by atoms with Crippen LogP contribution in [0.25, 0.3) is 0 Å². The van der Waals surface area contributed by atoms with E-state index >= 15 is 0 Å². The smallest absolute Gasteiger partial charge is 0.318 e. The predicted octanol–water partition coefficient (Wildman–Crippen LogP) is 4.21. The van der Waals surface area contributed by atoms with Crippen molar-refractivity contribution in [3.8, 4) is 0 Å². The molecule has 0 aliphatic rings. The van der Waals surface area contributed by atoms with Crippen LogP contribution in [0.15, 0.2) is 42.5 Å². The molecule has 2 aromatic carbocycles. The number of benzene rings is 2. The van der Waals surface area contributed by atoms with Gasteiger partial charge in [0.15, 0.2) is 0 Å².